The molecule has 1 aliphatic heterocycles. The molecule has 29 heavy (non-hydrogen) atoms. The largest absolute Gasteiger partial charge is 0.395 e. The van der Waals surface area contributed by atoms with E-state index in [1.54, 1.807) is 29.2 Å². The lowest BCUT2D eigenvalue weighted by Gasteiger charge is -2.43. The average Bonchev–Trinajstić information content (AvgIpc) is 2.73. The maximum atomic E-state index is 12.5. The van der Waals surface area contributed by atoms with Crippen molar-refractivity contribution in [1.82, 2.24) is 10.2 Å². The Morgan fingerprint density at radius 2 is 1.72 bits per heavy atom. The summed E-state index contributed by atoms with van der Waals surface area (Å²) in [6.45, 7) is 2.11. The molecule has 7 heteroatoms. The Hall–Kier alpha value is -2.29. The molecule has 2 aromatic carbocycles. The predicted octanol–water partition coefficient (Wildman–Crippen LogP) is 0.437. The molecule has 0 saturated carbocycles. The molecule has 0 radical (unpaired) electrons. The molecule has 0 bridgehead atoms. The number of nitrogens with zero attached hydrogens (tertiary/aromatic N) is 1. The van der Waals surface area contributed by atoms with Gasteiger partial charge in [-0.15, -0.1) is 0 Å². The van der Waals surface area contributed by atoms with E-state index in [0.717, 1.165) is 11.1 Å². The first-order valence-corrected chi connectivity index (χ1v) is 9.74. The number of benzene rings is 2. The number of hydrogen-bond acceptors (Lipinski definition) is 6. The van der Waals surface area contributed by atoms with Gasteiger partial charge in [0.1, 0.15) is 12.2 Å². The van der Waals surface area contributed by atoms with Gasteiger partial charge in [0.05, 0.1) is 24.8 Å². The molecule has 1 amide bonds. The zero-order valence-corrected chi connectivity index (χ0v) is 16.3. The van der Waals surface area contributed by atoms with Crippen LogP contribution in [-0.4, -0.2) is 68.7 Å². The first-order chi connectivity index (χ1) is 13.9. The number of piperidine rings is 1. The van der Waals surface area contributed by atoms with E-state index in [9.17, 15) is 25.2 Å². The first-order valence-electron chi connectivity index (χ1n) is 9.74. The van der Waals surface area contributed by atoms with Gasteiger partial charge in [0, 0.05) is 18.7 Å². The van der Waals surface area contributed by atoms with Crippen LogP contribution in [-0.2, 0) is 6.54 Å². The number of aliphatic hydroxyl groups is 4. The van der Waals surface area contributed by atoms with Crippen molar-refractivity contribution in [3.63, 3.8) is 0 Å². The van der Waals surface area contributed by atoms with Gasteiger partial charge in [0.25, 0.3) is 5.91 Å². The fourth-order valence-corrected chi connectivity index (χ4v) is 3.66. The van der Waals surface area contributed by atoms with Crippen LogP contribution in [0.1, 0.15) is 34.5 Å². The SMILES string of the molecule is C[C@H](NC(=O)c1ccc(CN2C[C@H](O)[C@@H](O)[C@@H](O)[C@@H]2CO)cc1)c1ccccc1. The van der Waals surface area contributed by atoms with Crippen LogP contribution in [0.3, 0.4) is 0 Å². The van der Waals surface area contributed by atoms with Gasteiger partial charge >= 0.3 is 0 Å². The van der Waals surface area contributed by atoms with Crippen LogP contribution in [0.25, 0.3) is 0 Å². The number of nitrogens with one attached hydrogen (secondary N) is 1. The maximum Gasteiger partial charge on any atom is 0.251 e. The average molecular weight is 400 g/mol. The summed E-state index contributed by atoms with van der Waals surface area (Å²) in [7, 11) is 0. The summed E-state index contributed by atoms with van der Waals surface area (Å²) in [4.78, 5) is 14.2. The van der Waals surface area contributed by atoms with Crippen LogP contribution in [0, 0.1) is 0 Å². The molecule has 1 heterocycles. The van der Waals surface area contributed by atoms with Crippen LogP contribution >= 0.6 is 0 Å². The van der Waals surface area contributed by atoms with Crippen LogP contribution in [0.2, 0.25) is 0 Å². The molecule has 3 rings (SSSR count). The van der Waals surface area contributed by atoms with Crippen molar-refractivity contribution >= 4 is 5.91 Å². The van der Waals surface area contributed by atoms with Gasteiger partial charge in [0.15, 0.2) is 0 Å². The van der Waals surface area contributed by atoms with Crippen molar-refractivity contribution in [2.24, 2.45) is 0 Å². The molecule has 0 spiro atoms. The van der Waals surface area contributed by atoms with Gasteiger partial charge < -0.3 is 25.7 Å². The van der Waals surface area contributed by atoms with E-state index in [4.69, 9.17) is 0 Å². The van der Waals surface area contributed by atoms with E-state index in [2.05, 4.69) is 5.32 Å². The van der Waals surface area contributed by atoms with E-state index in [-0.39, 0.29) is 25.1 Å². The number of carbonyl (C=O) groups excluding carboxylic acids is 1. The molecular weight excluding hydrogens is 372 g/mol. The molecule has 7 nitrogen and oxygen atoms in total. The molecule has 156 valence electrons. The molecule has 0 aliphatic carbocycles. The smallest absolute Gasteiger partial charge is 0.251 e. The van der Waals surface area contributed by atoms with Crippen LogP contribution < -0.4 is 5.32 Å². The molecule has 5 atom stereocenters. The zero-order valence-electron chi connectivity index (χ0n) is 16.3. The van der Waals surface area contributed by atoms with Gasteiger partial charge in [0.2, 0.25) is 0 Å². The Bertz CT molecular complexity index is 799. The highest BCUT2D eigenvalue weighted by Gasteiger charge is 2.40. The highest BCUT2D eigenvalue weighted by atomic mass is 16.4. The Balaban J connectivity index is 1.63. The summed E-state index contributed by atoms with van der Waals surface area (Å²) >= 11 is 0. The molecule has 1 fully saturated rings. The Morgan fingerprint density at radius 1 is 1.07 bits per heavy atom. The second-order valence-electron chi connectivity index (χ2n) is 7.53. The molecule has 0 unspecified atom stereocenters. The summed E-state index contributed by atoms with van der Waals surface area (Å²) in [5, 5.41) is 42.3. The normalized spacial score (nSPS) is 26.1. The van der Waals surface area contributed by atoms with E-state index in [0.29, 0.717) is 12.1 Å². The summed E-state index contributed by atoms with van der Waals surface area (Å²) in [5.41, 5.74) is 2.42. The number of rotatable bonds is 6. The van der Waals surface area contributed by atoms with Gasteiger partial charge in [-0.05, 0) is 30.2 Å². The topological polar surface area (TPSA) is 113 Å². The monoisotopic (exact) mass is 400 g/mol. The van der Waals surface area contributed by atoms with Crippen molar-refractivity contribution in [2.45, 2.75) is 43.9 Å². The van der Waals surface area contributed by atoms with Crippen molar-refractivity contribution in [1.29, 1.82) is 0 Å². The van der Waals surface area contributed by atoms with Crippen LogP contribution in [0.15, 0.2) is 54.6 Å². The molecule has 1 aliphatic rings. The fourth-order valence-electron chi connectivity index (χ4n) is 3.66. The van der Waals surface area contributed by atoms with E-state index in [1.807, 2.05) is 37.3 Å². The Kier molecular flexibility index (Phi) is 7.00. The van der Waals surface area contributed by atoms with Gasteiger partial charge in [-0.1, -0.05) is 42.5 Å². The highest BCUT2D eigenvalue weighted by molar-refractivity contribution is 5.94. The summed E-state index contributed by atoms with van der Waals surface area (Å²) in [5.74, 6) is -0.173. The molecule has 1 saturated heterocycles. The van der Waals surface area contributed by atoms with Crippen molar-refractivity contribution in [3.05, 3.63) is 71.3 Å². The third-order valence-corrected chi connectivity index (χ3v) is 5.46. The van der Waals surface area contributed by atoms with Gasteiger partial charge in [-0.2, -0.15) is 0 Å². The Morgan fingerprint density at radius 3 is 2.34 bits per heavy atom. The van der Waals surface area contributed by atoms with E-state index in [1.165, 1.54) is 0 Å². The lowest BCUT2D eigenvalue weighted by Crippen LogP contribution is -2.62. The summed E-state index contributed by atoms with van der Waals surface area (Å²) in [6.07, 6.45) is -3.59. The molecule has 0 aromatic heterocycles. The van der Waals surface area contributed by atoms with Crippen molar-refractivity contribution in [3.8, 4) is 0 Å². The number of amides is 1. The van der Waals surface area contributed by atoms with Crippen molar-refractivity contribution in [2.75, 3.05) is 13.2 Å². The van der Waals surface area contributed by atoms with E-state index < -0.39 is 24.4 Å². The first kappa shape index (κ1) is 21.4. The van der Waals surface area contributed by atoms with Gasteiger partial charge in [-0.25, -0.2) is 0 Å². The van der Waals surface area contributed by atoms with Gasteiger partial charge in [-0.3, -0.25) is 9.69 Å². The summed E-state index contributed by atoms with van der Waals surface area (Å²) < 4.78 is 0. The minimum Gasteiger partial charge on any atom is -0.395 e. The quantitative estimate of drug-likeness (QED) is 0.481. The standard InChI is InChI=1S/C22H28N2O5/c1-14(16-5-3-2-4-6-16)23-22(29)17-9-7-15(8-10-17)11-24-12-19(26)21(28)20(27)18(24)13-25/h2-10,14,18-21,25-28H,11-13H2,1H3,(H,23,29)/t14-,18-,19-,20-,21+/m0/s1. The number of likely N-dealkylation sites (tertiary alicyclic amines) is 1. The summed E-state index contributed by atoms with van der Waals surface area (Å²) in [6, 6.07) is 16.0. The fraction of sp³-hybridized carbons (Fsp3) is 0.409. The lowest BCUT2D eigenvalue weighted by atomic mass is 9.93. The lowest BCUT2D eigenvalue weighted by molar-refractivity contribution is -0.147. The molecule has 5 N–H and O–H groups in total. The van der Waals surface area contributed by atoms with Crippen molar-refractivity contribution < 1.29 is 25.2 Å². The number of carbonyl (C=O) groups is 1. The molecular formula is C22H28N2O5. The second-order valence-corrected chi connectivity index (χ2v) is 7.53. The highest BCUT2D eigenvalue weighted by Crippen LogP contribution is 2.21. The van der Waals surface area contributed by atoms with Crippen LogP contribution in [0.5, 0.6) is 0 Å². The second kappa shape index (κ2) is 9.47. The number of β-amino-alcohol motifs (C(OH)–C–C–N with tert-alkyl or cyclic N) is 1. The third kappa shape index (κ3) is 5.01. The Labute approximate surface area is 170 Å². The maximum absolute atomic E-state index is 12.5. The minimum atomic E-state index is -1.28. The number of hydrogen-bond donors (Lipinski definition) is 5. The molecule has 2 aromatic rings. The number of aliphatic hydroxyl groups excluding tert-OH is 4. The zero-order chi connectivity index (χ0) is 21.0. The van der Waals surface area contributed by atoms with E-state index >= 15 is 0 Å². The predicted molar refractivity (Wildman–Crippen MR) is 108 cm³/mol. The minimum absolute atomic E-state index is 0.114. The third-order valence-electron chi connectivity index (χ3n) is 5.46. The van der Waals surface area contributed by atoms with Crippen LogP contribution in [0.4, 0.5) is 0 Å².